The van der Waals surface area contributed by atoms with Crippen LogP contribution in [0.5, 0.6) is 0 Å². The Morgan fingerprint density at radius 1 is 1.00 bits per heavy atom. The maximum Gasteiger partial charge on any atom is 0.282 e. The number of amides is 1. The molecule has 3 aliphatic heterocycles. The molecule has 5 atom stereocenters. The number of halogens is 4. The van der Waals surface area contributed by atoms with E-state index in [-0.39, 0.29) is 61.7 Å². The third-order valence-corrected chi connectivity index (χ3v) is 12.4. The molecule has 3 aromatic heterocycles. The molecule has 1 amide bonds. The fourth-order valence-corrected chi connectivity index (χ4v) is 9.80. The molecule has 12 nitrogen and oxygen atoms in total. The van der Waals surface area contributed by atoms with Crippen molar-refractivity contribution in [2.75, 3.05) is 41.3 Å². The molecule has 4 aliphatic rings. The van der Waals surface area contributed by atoms with Crippen molar-refractivity contribution < 1.29 is 27.5 Å². The largest absolute Gasteiger partial charge is 0.373 e. The highest BCUT2D eigenvalue weighted by Crippen LogP contribution is 2.42. The highest BCUT2D eigenvalue weighted by atomic mass is 32.2. The van der Waals surface area contributed by atoms with E-state index in [0.29, 0.717) is 32.7 Å². The molecule has 3 aromatic rings. The number of alkyl halides is 4. The lowest BCUT2D eigenvalue weighted by Gasteiger charge is -2.38. The second-order valence-electron chi connectivity index (χ2n) is 12.1. The van der Waals surface area contributed by atoms with E-state index >= 15 is 0 Å². The van der Waals surface area contributed by atoms with Crippen molar-refractivity contribution in [2.45, 2.75) is 73.4 Å². The molecule has 0 aromatic carbocycles. The third-order valence-electron chi connectivity index (χ3n) is 8.21. The van der Waals surface area contributed by atoms with Crippen LogP contribution >= 0.6 is 45.8 Å². The zero-order valence-electron chi connectivity index (χ0n) is 24.3. The summed E-state index contributed by atoms with van der Waals surface area (Å²) in [6, 6.07) is 0. The van der Waals surface area contributed by atoms with E-state index in [2.05, 4.69) is 41.7 Å². The molecular formula is C26H32F4N10O2S4. The maximum atomic E-state index is 13.2. The number of aliphatic hydroxyl groups is 1. The molecule has 20 heteroatoms. The minimum Gasteiger partial charge on any atom is -0.373 e. The summed E-state index contributed by atoms with van der Waals surface area (Å²) in [6.07, 6.45) is 3.29. The minimum atomic E-state index is -2.67. The Labute approximate surface area is 277 Å². The van der Waals surface area contributed by atoms with Gasteiger partial charge in [0.1, 0.15) is 16.7 Å². The van der Waals surface area contributed by atoms with E-state index in [9.17, 15) is 27.5 Å². The Hall–Kier alpha value is -2.36. The summed E-state index contributed by atoms with van der Waals surface area (Å²) in [7, 11) is 0. The number of anilines is 3. The molecule has 0 radical (unpaired) electrons. The monoisotopic (exact) mass is 720 g/mol. The van der Waals surface area contributed by atoms with E-state index in [1.165, 1.54) is 43.8 Å². The van der Waals surface area contributed by atoms with Gasteiger partial charge < -0.3 is 25.5 Å². The second-order valence-corrected chi connectivity index (χ2v) is 16.0. The molecular weight excluding hydrogens is 689 g/mol. The van der Waals surface area contributed by atoms with Crippen LogP contribution in [0.4, 0.5) is 33.0 Å². The number of hydrogen-bond donors (Lipinski definition) is 5. The number of thioether (sulfide) groups is 1. The molecule has 5 unspecified atom stereocenters. The summed E-state index contributed by atoms with van der Waals surface area (Å²) in [6.45, 7) is -1.34. The topological polar surface area (TPSA) is 143 Å². The third kappa shape index (κ3) is 7.52. The predicted molar refractivity (Wildman–Crippen MR) is 170 cm³/mol. The van der Waals surface area contributed by atoms with E-state index in [1.54, 1.807) is 22.5 Å². The number of nitrogens with one attached hydrogen (secondary N) is 4. The lowest BCUT2D eigenvalue weighted by Crippen LogP contribution is -2.56. The highest BCUT2D eigenvalue weighted by Gasteiger charge is 2.46. The van der Waals surface area contributed by atoms with Gasteiger partial charge in [0.2, 0.25) is 11.0 Å². The van der Waals surface area contributed by atoms with Gasteiger partial charge in [-0.3, -0.25) is 4.79 Å². The standard InChI is InChI=1S/C26H32F4N10O2S4/c27-25(28)9-39(10-25)23-31-15(7-43-23)5-17(41)33-21-37-35-19(45-21)13-2-1-3-14(4-13)20-36-38-22(46-20)34-18(42)6-16-8-44-24(32-16)40-11-26(29,30)12-40/h7-8,13-14,17,20,22,36,38,41H,1-6,9-12H2,(H,33,37)(H,34,42). The number of rotatable bonds is 11. The van der Waals surface area contributed by atoms with Crippen molar-refractivity contribution in [1.29, 1.82) is 0 Å². The Morgan fingerprint density at radius 3 is 2.37 bits per heavy atom. The quantitative estimate of drug-likeness (QED) is 0.146. The van der Waals surface area contributed by atoms with Crippen LogP contribution < -0.4 is 31.3 Å². The Bertz CT molecular complexity index is 1530. The van der Waals surface area contributed by atoms with E-state index in [4.69, 9.17) is 0 Å². The minimum absolute atomic E-state index is 0.0721. The zero-order valence-corrected chi connectivity index (χ0v) is 27.6. The van der Waals surface area contributed by atoms with Gasteiger partial charge in [0, 0.05) is 23.1 Å². The normalized spacial score (nSPS) is 27.6. The molecule has 250 valence electrons. The molecule has 46 heavy (non-hydrogen) atoms. The van der Waals surface area contributed by atoms with Crippen molar-refractivity contribution in [1.82, 2.24) is 36.3 Å². The van der Waals surface area contributed by atoms with E-state index < -0.39 is 18.1 Å². The molecule has 0 bridgehead atoms. The number of aromatic nitrogens is 4. The first-order valence-corrected chi connectivity index (χ1v) is 18.4. The van der Waals surface area contributed by atoms with E-state index in [0.717, 1.165) is 30.7 Å². The van der Waals surface area contributed by atoms with Crippen LogP contribution in [0.2, 0.25) is 0 Å². The highest BCUT2D eigenvalue weighted by molar-refractivity contribution is 8.00. The number of nitrogens with zero attached hydrogens (tertiary/aromatic N) is 6. The van der Waals surface area contributed by atoms with Crippen molar-refractivity contribution >= 4 is 67.1 Å². The van der Waals surface area contributed by atoms with Gasteiger partial charge in [0.15, 0.2) is 10.3 Å². The molecule has 1 saturated carbocycles. The first-order chi connectivity index (χ1) is 22.0. The van der Waals surface area contributed by atoms with Gasteiger partial charge in [0.25, 0.3) is 11.8 Å². The van der Waals surface area contributed by atoms with Gasteiger partial charge in [-0.15, -0.1) is 32.9 Å². The number of thiazole rings is 2. The summed E-state index contributed by atoms with van der Waals surface area (Å²) < 4.78 is 52.7. The van der Waals surface area contributed by atoms with Crippen LogP contribution in [0, 0.1) is 5.92 Å². The van der Waals surface area contributed by atoms with Gasteiger partial charge in [-0.1, -0.05) is 29.5 Å². The van der Waals surface area contributed by atoms with Gasteiger partial charge >= 0.3 is 0 Å². The Balaban J connectivity index is 0.849. The molecule has 3 saturated heterocycles. The van der Waals surface area contributed by atoms with Gasteiger partial charge in [0.05, 0.1) is 49.4 Å². The number of hydrogen-bond acceptors (Lipinski definition) is 15. The van der Waals surface area contributed by atoms with Crippen molar-refractivity contribution in [3.05, 3.63) is 27.2 Å². The number of carbonyl (C=O) groups excluding carboxylic acids is 1. The summed E-state index contributed by atoms with van der Waals surface area (Å²) in [5.41, 5.74) is 7.34. The Kier molecular flexibility index (Phi) is 9.05. The van der Waals surface area contributed by atoms with Crippen LogP contribution in [-0.4, -0.2) is 86.3 Å². The summed E-state index contributed by atoms with van der Waals surface area (Å²) in [5, 5.41) is 31.2. The van der Waals surface area contributed by atoms with Crippen LogP contribution in [0.25, 0.3) is 0 Å². The van der Waals surface area contributed by atoms with Crippen LogP contribution in [0.3, 0.4) is 0 Å². The van der Waals surface area contributed by atoms with Gasteiger partial charge in [-0.05, 0) is 25.2 Å². The predicted octanol–water partition coefficient (Wildman–Crippen LogP) is 3.42. The SMILES string of the molecule is O=C(Cc1csc(N2CC(F)(F)C2)n1)NC1NNC(C2CCCC(c3nnc(NC(O)Cc4csc(N5CC(F)(F)C5)n4)s3)C2)S1. The first-order valence-electron chi connectivity index (χ1n) is 14.9. The summed E-state index contributed by atoms with van der Waals surface area (Å²) in [4.78, 5) is 24.4. The molecule has 4 fully saturated rings. The number of aliphatic hydroxyl groups excluding tert-OH is 1. The number of hydrazine groups is 1. The molecule has 6 heterocycles. The summed E-state index contributed by atoms with van der Waals surface area (Å²) in [5.74, 6) is -4.98. The average molecular weight is 721 g/mol. The molecule has 7 rings (SSSR count). The van der Waals surface area contributed by atoms with E-state index in [1.807, 2.05) is 0 Å². The van der Waals surface area contributed by atoms with Gasteiger partial charge in [-0.2, -0.15) is 0 Å². The van der Waals surface area contributed by atoms with Crippen molar-refractivity contribution in [3.8, 4) is 0 Å². The first kappa shape index (κ1) is 32.2. The molecule has 0 spiro atoms. The second kappa shape index (κ2) is 12.9. The molecule has 1 aliphatic carbocycles. The fraction of sp³-hybridized carbons (Fsp3) is 0.654. The van der Waals surface area contributed by atoms with Crippen molar-refractivity contribution in [3.63, 3.8) is 0 Å². The smallest absolute Gasteiger partial charge is 0.282 e. The average Bonchev–Trinajstić information content (AvgIpc) is 3.79. The number of carbonyl (C=O) groups is 1. The zero-order chi connectivity index (χ0) is 32.1. The lowest BCUT2D eigenvalue weighted by molar-refractivity contribution is -0.120. The maximum absolute atomic E-state index is 13.2. The molecule has 5 N–H and O–H groups in total. The van der Waals surface area contributed by atoms with Crippen molar-refractivity contribution in [2.24, 2.45) is 5.92 Å². The van der Waals surface area contributed by atoms with Crippen LogP contribution in [-0.2, 0) is 17.6 Å². The summed E-state index contributed by atoms with van der Waals surface area (Å²) >= 11 is 5.58. The van der Waals surface area contributed by atoms with Gasteiger partial charge in [-0.25, -0.2) is 38.4 Å². The fourth-order valence-electron chi connectivity index (χ4n) is 5.96. The van der Waals surface area contributed by atoms with Crippen LogP contribution in [0.15, 0.2) is 10.8 Å². The van der Waals surface area contributed by atoms with Crippen LogP contribution in [0.1, 0.15) is 48.0 Å². The Morgan fingerprint density at radius 2 is 1.67 bits per heavy atom. The lowest BCUT2D eigenvalue weighted by atomic mass is 9.81.